The highest BCUT2D eigenvalue weighted by atomic mass is 31.2. The highest BCUT2D eigenvalue weighted by Crippen LogP contribution is 2.33. The SMILES string of the molecule is C[C@H](NP(=O)([O-])c1ccccc1)c1ccccc1.C[C@H]([NH3+])c1ccccc1. The fourth-order valence-corrected chi connectivity index (χ4v) is 3.92. The molecule has 3 rings (SSSR count). The van der Waals surface area contributed by atoms with Gasteiger partial charge in [-0.05, 0) is 19.4 Å². The molecule has 0 aliphatic rings. The number of benzene rings is 3. The molecule has 0 saturated carbocycles. The Labute approximate surface area is 161 Å². The first-order valence-electron chi connectivity index (χ1n) is 8.97. The zero-order valence-electron chi connectivity index (χ0n) is 15.8. The number of hydrogen-bond acceptors (Lipinski definition) is 2. The number of hydrogen-bond donors (Lipinski definition) is 2. The molecular weight excluding hydrogens is 355 g/mol. The van der Waals surface area contributed by atoms with Crippen molar-refractivity contribution in [1.82, 2.24) is 5.09 Å². The molecule has 0 aliphatic heterocycles. The molecule has 0 amide bonds. The van der Waals surface area contributed by atoms with Crippen molar-refractivity contribution in [2.24, 2.45) is 0 Å². The zero-order chi connectivity index (χ0) is 19.7. The van der Waals surface area contributed by atoms with Gasteiger partial charge in [0.2, 0.25) is 0 Å². The highest BCUT2D eigenvalue weighted by Gasteiger charge is 2.14. The lowest BCUT2D eigenvalue weighted by Gasteiger charge is -2.28. The van der Waals surface area contributed by atoms with Crippen molar-refractivity contribution < 1.29 is 15.2 Å². The quantitative estimate of drug-likeness (QED) is 0.665. The zero-order valence-corrected chi connectivity index (χ0v) is 16.7. The van der Waals surface area contributed by atoms with E-state index in [1.165, 1.54) is 5.56 Å². The monoisotopic (exact) mass is 382 g/mol. The molecule has 142 valence electrons. The third-order valence-corrected chi connectivity index (χ3v) is 5.83. The number of quaternary nitrogens is 1. The fraction of sp³-hybridized carbons (Fsp3) is 0.182. The largest absolute Gasteiger partial charge is 0.784 e. The predicted octanol–water partition coefficient (Wildman–Crippen LogP) is 3.21. The summed E-state index contributed by atoms with van der Waals surface area (Å²) in [6.07, 6.45) is 0. The van der Waals surface area contributed by atoms with Crippen molar-refractivity contribution in [1.29, 1.82) is 0 Å². The van der Waals surface area contributed by atoms with Crippen molar-refractivity contribution in [2.45, 2.75) is 25.9 Å². The molecular formula is C22H27N2O2P. The smallest absolute Gasteiger partial charge is 0.107 e. The Morgan fingerprint density at radius 2 is 1.19 bits per heavy atom. The van der Waals surface area contributed by atoms with Crippen LogP contribution in [0.2, 0.25) is 0 Å². The van der Waals surface area contributed by atoms with Gasteiger partial charge in [-0.25, -0.2) is 0 Å². The van der Waals surface area contributed by atoms with E-state index >= 15 is 0 Å². The van der Waals surface area contributed by atoms with Gasteiger partial charge in [0, 0.05) is 16.9 Å². The Morgan fingerprint density at radius 1 is 0.778 bits per heavy atom. The van der Waals surface area contributed by atoms with Gasteiger partial charge in [0.15, 0.2) is 0 Å². The molecule has 3 aromatic carbocycles. The van der Waals surface area contributed by atoms with Crippen molar-refractivity contribution >= 4 is 12.8 Å². The molecule has 3 atom stereocenters. The van der Waals surface area contributed by atoms with E-state index in [2.05, 4.69) is 29.9 Å². The van der Waals surface area contributed by atoms with Crippen molar-refractivity contribution in [3.8, 4) is 0 Å². The van der Waals surface area contributed by atoms with E-state index in [0.29, 0.717) is 11.3 Å². The minimum absolute atomic E-state index is 0.241. The van der Waals surface area contributed by atoms with Crippen LogP contribution in [-0.4, -0.2) is 0 Å². The maximum atomic E-state index is 12.1. The molecule has 0 saturated heterocycles. The molecule has 5 heteroatoms. The first kappa shape index (κ1) is 21.1. The average Bonchev–Trinajstić information content (AvgIpc) is 2.70. The molecule has 0 radical (unpaired) electrons. The van der Waals surface area contributed by atoms with Crippen LogP contribution >= 0.6 is 7.52 Å². The molecule has 0 fully saturated rings. The van der Waals surface area contributed by atoms with Gasteiger partial charge in [0.05, 0.1) is 0 Å². The van der Waals surface area contributed by atoms with Crippen LogP contribution in [0, 0.1) is 0 Å². The molecule has 0 aliphatic carbocycles. The normalized spacial score (nSPS) is 15.0. The minimum Gasteiger partial charge on any atom is -0.784 e. The van der Waals surface area contributed by atoms with Gasteiger partial charge in [-0.3, -0.25) is 5.09 Å². The Balaban J connectivity index is 0.000000244. The van der Waals surface area contributed by atoms with E-state index < -0.39 is 7.52 Å². The molecule has 27 heavy (non-hydrogen) atoms. The van der Waals surface area contributed by atoms with Gasteiger partial charge in [-0.15, -0.1) is 0 Å². The number of nitrogens with one attached hydrogen (secondary N) is 1. The van der Waals surface area contributed by atoms with Crippen LogP contribution in [-0.2, 0) is 4.57 Å². The molecule has 0 spiro atoms. The fourth-order valence-electron chi connectivity index (χ4n) is 2.55. The molecule has 0 aromatic heterocycles. The summed E-state index contributed by atoms with van der Waals surface area (Å²) in [5, 5.41) is 3.00. The van der Waals surface area contributed by atoms with Crippen LogP contribution in [0.3, 0.4) is 0 Å². The first-order valence-corrected chi connectivity index (χ1v) is 10.6. The Bertz CT molecular complexity index is 840. The third-order valence-electron chi connectivity index (χ3n) is 4.13. The summed E-state index contributed by atoms with van der Waals surface area (Å²) >= 11 is 0. The lowest BCUT2D eigenvalue weighted by atomic mass is 10.1. The molecule has 4 nitrogen and oxygen atoms in total. The summed E-state index contributed by atoms with van der Waals surface area (Å²) < 4.78 is 12.1. The van der Waals surface area contributed by atoms with Crippen molar-refractivity contribution in [3.63, 3.8) is 0 Å². The average molecular weight is 382 g/mol. The molecule has 1 unspecified atom stereocenters. The standard InChI is InChI=1S/C14H16NO2P.C8H11N/c1-12(13-8-4-2-5-9-13)15-18(16,17)14-10-6-3-7-11-14;1-7(9)8-5-3-2-4-6-8/h2-12H,1H3,(H2,15,16,17);2-7H,9H2,1H3/t12-;7-/m00/s1. The second-order valence-corrected chi connectivity index (χ2v) is 8.34. The van der Waals surface area contributed by atoms with Crippen LogP contribution in [0.5, 0.6) is 0 Å². The maximum absolute atomic E-state index is 12.1. The Kier molecular flexibility index (Phi) is 7.96. The second-order valence-electron chi connectivity index (χ2n) is 6.46. The van der Waals surface area contributed by atoms with E-state index in [9.17, 15) is 9.46 Å². The summed E-state index contributed by atoms with van der Waals surface area (Å²) in [6, 6.07) is 28.4. The number of rotatable bonds is 5. The summed E-state index contributed by atoms with van der Waals surface area (Å²) in [4.78, 5) is 12.1. The van der Waals surface area contributed by atoms with E-state index in [1.54, 1.807) is 30.3 Å². The van der Waals surface area contributed by atoms with Gasteiger partial charge in [-0.2, -0.15) is 0 Å². The topological polar surface area (TPSA) is 79.8 Å². The van der Waals surface area contributed by atoms with Gasteiger partial charge in [-0.1, -0.05) is 91.0 Å². The van der Waals surface area contributed by atoms with Gasteiger partial charge in [0.1, 0.15) is 13.6 Å². The third kappa shape index (κ3) is 6.78. The van der Waals surface area contributed by atoms with Gasteiger partial charge >= 0.3 is 0 Å². The van der Waals surface area contributed by atoms with Crippen LogP contribution in [0.15, 0.2) is 91.0 Å². The summed E-state index contributed by atoms with van der Waals surface area (Å²) in [7, 11) is -3.77. The predicted molar refractivity (Wildman–Crippen MR) is 109 cm³/mol. The maximum Gasteiger partial charge on any atom is 0.107 e. The van der Waals surface area contributed by atoms with E-state index in [4.69, 9.17) is 0 Å². The lowest BCUT2D eigenvalue weighted by molar-refractivity contribution is -0.420. The Morgan fingerprint density at radius 3 is 1.59 bits per heavy atom. The lowest BCUT2D eigenvalue weighted by Crippen LogP contribution is -2.51. The summed E-state index contributed by atoms with van der Waals surface area (Å²) in [6.45, 7) is 3.93. The first-order chi connectivity index (χ1) is 12.9. The van der Waals surface area contributed by atoms with Crippen LogP contribution in [0.25, 0.3) is 0 Å². The molecule has 4 N–H and O–H groups in total. The van der Waals surface area contributed by atoms with E-state index in [1.807, 2.05) is 55.5 Å². The van der Waals surface area contributed by atoms with E-state index in [-0.39, 0.29) is 6.04 Å². The van der Waals surface area contributed by atoms with Crippen LogP contribution < -0.4 is 21.0 Å². The van der Waals surface area contributed by atoms with Crippen LogP contribution in [0.4, 0.5) is 0 Å². The summed E-state index contributed by atoms with van der Waals surface area (Å²) in [5.74, 6) is 0. The van der Waals surface area contributed by atoms with Gasteiger partial charge < -0.3 is 15.2 Å². The molecule has 0 heterocycles. The second kappa shape index (κ2) is 10.2. The molecule has 0 bridgehead atoms. The highest BCUT2D eigenvalue weighted by molar-refractivity contribution is 7.62. The van der Waals surface area contributed by atoms with E-state index in [0.717, 1.165) is 5.56 Å². The van der Waals surface area contributed by atoms with Crippen molar-refractivity contribution in [3.05, 3.63) is 102 Å². The minimum atomic E-state index is -3.77. The van der Waals surface area contributed by atoms with Crippen LogP contribution in [0.1, 0.15) is 37.1 Å². The summed E-state index contributed by atoms with van der Waals surface area (Å²) in [5.41, 5.74) is 6.16. The van der Waals surface area contributed by atoms with Gasteiger partial charge in [0.25, 0.3) is 0 Å². The molecule has 3 aromatic rings. The Hall–Kier alpha value is -2.23. The van der Waals surface area contributed by atoms with Crippen molar-refractivity contribution in [2.75, 3.05) is 0 Å².